The van der Waals surface area contributed by atoms with Crippen molar-refractivity contribution in [2.24, 2.45) is 5.14 Å². The first-order chi connectivity index (χ1) is 6.82. The Kier molecular flexibility index (Phi) is 3.41. The van der Waals surface area contributed by atoms with Gasteiger partial charge in [0.05, 0.1) is 5.25 Å². The van der Waals surface area contributed by atoms with Gasteiger partial charge in [0.15, 0.2) is 0 Å². The average Bonchev–Trinajstić information content (AvgIpc) is 2.15. The smallest absolute Gasteiger partial charge is 0.212 e. The minimum Gasteiger partial charge on any atom is -0.241 e. The predicted octanol–water partition coefficient (Wildman–Crippen LogP) is 0.566. The van der Waals surface area contributed by atoms with Crippen molar-refractivity contribution >= 4 is 10.0 Å². The molecule has 0 aliphatic rings. The van der Waals surface area contributed by atoms with Crippen LogP contribution in [0.3, 0.4) is 0 Å². The summed E-state index contributed by atoms with van der Waals surface area (Å²) < 4.78 is 22.3. The molecule has 0 spiro atoms. The van der Waals surface area contributed by atoms with Crippen LogP contribution in [0.15, 0.2) is 12.4 Å². The molecule has 6 heteroatoms. The highest BCUT2D eigenvalue weighted by Crippen LogP contribution is 2.18. The van der Waals surface area contributed by atoms with E-state index in [9.17, 15) is 8.42 Å². The predicted molar refractivity (Wildman–Crippen MR) is 57.8 cm³/mol. The standard InChI is InChI=1S/C9H15N3O2S/c1-6-4-11-9(12-5-6)7(2)8(3)15(10,13)14/h4-5,7-8H,1-3H3,(H2,10,13,14). The molecule has 1 aromatic rings. The van der Waals surface area contributed by atoms with Crippen LogP contribution < -0.4 is 5.14 Å². The zero-order valence-electron chi connectivity index (χ0n) is 9.01. The lowest BCUT2D eigenvalue weighted by Gasteiger charge is -2.16. The molecule has 1 aromatic heterocycles. The second-order valence-electron chi connectivity index (χ2n) is 3.70. The topological polar surface area (TPSA) is 85.9 Å². The maximum absolute atomic E-state index is 11.1. The number of nitrogens with two attached hydrogens (primary N) is 1. The third-order valence-electron chi connectivity index (χ3n) is 2.43. The lowest BCUT2D eigenvalue weighted by atomic mass is 10.1. The Morgan fingerprint density at radius 1 is 1.27 bits per heavy atom. The number of nitrogens with zero attached hydrogens (tertiary/aromatic N) is 2. The summed E-state index contributed by atoms with van der Waals surface area (Å²) >= 11 is 0. The van der Waals surface area contributed by atoms with E-state index in [1.165, 1.54) is 0 Å². The Balaban J connectivity index is 2.95. The summed E-state index contributed by atoms with van der Waals surface area (Å²) in [6.07, 6.45) is 3.32. The number of hydrogen-bond acceptors (Lipinski definition) is 4. The molecule has 0 aliphatic heterocycles. The molecular formula is C9H15N3O2S. The van der Waals surface area contributed by atoms with Crippen LogP contribution in [0.4, 0.5) is 0 Å². The minimum atomic E-state index is -3.54. The van der Waals surface area contributed by atoms with Crippen LogP contribution >= 0.6 is 0 Å². The molecule has 1 heterocycles. The van der Waals surface area contributed by atoms with E-state index in [-0.39, 0.29) is 5.92 Å². The molecule has 0 fully saturated rings. The quantitative estimate of drug-likeness (QED) is 0.820. The van der Waals surface area contributed by atoms with E-state index in [4.69, 9.17) is 5.14 Å². The number of hydrogen-bond donors (Lipinski definition) is 1. The first kappa shape index (κ1) is 12.1. The van der Waals surface area contributed by atoms with Crippen molar-refractivity contribution in [1.82, 2.24) is 9.97 Å². The van der Waals surface area contributed by atoms with Gasteiger partial charge in [-0.3, -0.25) is 0 Å². The van der Waals surface area contributed by atoms with Crippen LogP contribution in [0.2, 0.25) is 0 Å². The van der Waals surface area contributed by atoms with Crippen LogP contribution in [-0.4, -0.2) is 23.6 Å². The van der Waals surface area contributed by atoms with Gasteiger partial charge >= 0.3 is 0 Å². The summed E-state index contributed by atoms with van der Waals surface area (Å²) in [4.78, 5) is 8.16. The molecule has 2 N–H and O–H groups in total. The molecule has 0 amide bonds. The molecule has 0 saturated carbocycles. The first-order valence-electron chi connectivity index (χ1n) is 4.62. The maximum atomic E-state index is 11.1. The Hall–Kier alpha value is -1.01. The van der Waals surface area contributed by atoms with Crippen molar-refractivity contribution < 1.29 is 8.42 Å². The lowest BCUT2D eigenvalue weighted by Crippen LogP contribution is -2.31. The van der Waals surface area contributed by atoms with Crippen molar-refractivity contribution in [3.05, 3.63) is 23.8 Å². The molecule has 0 saturated heterocycles. The number of aromatic nitrogens is 2. The fourth-order valence-electron chi connectivity index (χ4n) is 1.13. The van der Waals surface area contributed by atoms with Crippen molar-refractivity contribution in [2.75, 3.05) is 0 Å². The van der Waals surface area contributed by atoms with Crippen molar-refractivity contribution in [3.63, 3.8) is 0 Å². The van der Waals surface area contributed by atoms with Gasteiger partial charge in [-0.25, -0.2) is 23.5 Å². The summed E-state index contributed by atoms with van der Waals surface area (Å²) in [5.74, 6) is 0.197. The summed E-state index contributed by atoms with van der Waals surface area (Å²) in [7, 11) is -3.54. The average molecular weight is 229 g/mol. The van der Waals surface area contributed by atoms with Crippen LogP contribution in [0.1, 0.15) is 31.2 Å². The summed E-state index contributed by atoms with van der Waals surface area (Å²) in [6, 6.07) is 0. The molecule has 0 aliphatic carbocycles. The molecular weight excluding hydrogens is 214 g/mol. The van der Waals surface area contributed by atoms with Gasteiger partial charge in [-0.05, 0) is 19.4 Å². The van der Waals surface area contributed by atoms with Gasteiger partial charge in [0.1, 0.15) is 5.82 Å². The maximum Gasteiger partial charge on any atom is 0.212 e. The largest absolute Gasteiger partial charge is 0.241 e. The first-order valence-corrected chi connectivity index (χ1v) is 6.23. The van der Waals surface area contributed by atoms with E-state index in [0.29, 0.717) is 5.82 Å². The van der Waals surface area contributed by atoms with Crippen molar-refractivity contribution in [1.29, 1.82) is 0 Å². The molecule has 2 unspecified atom stereocenters. The second-order valence-corrected chi connectivity index (χ2v) is 5.62. The van der Waals surface area contributed by atoms with E-state index in [1.54, 1.807) is 26.2 Å². The van der Waals surface area contributed by atoms with E-state index in [0.717, 1.165) is 5.56 Å². The van der Waals surface area contributed by atoms with Crippen LogP contribution in [-0.2, 0) is 10.0 Å². The Bertz CT molecular complexity index is 427. The fraction of sp³-hybridized carbons (Fsp3) is 0.556. The number of sulfonamides is 1. The van der Waals surface area contributed by atoms with Gasteiger partial charge in [-0.1, -0.05) is 6.92 Å². The molecule has 5 nitrogen and oxygen atoms in total. The Labute approximate surface area is 89.8 Å². The van der Waals surface area contributed by atoms with E-state index in [2.05, 4.69) is 9.97 Å². The van der Waals surface area contributed by atoms with Crippen molar-refractivity contribution in [2.45, 2.75) is 31.9 Å². The van der Waals surface area contributed by atoms with E-state index < -0.39 is 15.3 Å². The van der Waals surface area contributed by atoms with Gasteiger partial charge in [0, 0.05) is 18.3 Å². The molecule has 15 heavy (non-hydrogen) atoms. The highest BCUT2D eigenvalue weighted by atomic mass is 32.2. The monoisotopic (exact) mass is 229 g/mol. The van der Waals surface area contributed by atoms with Crippen LogP contribution in [0, 0.1) is 6.92 Å². The summed E-state index contributed by atoms with van der Waals surface area (Å²) in [5.41, 5.74) is 0.939. The summed E-state index contributed by atoms with van der Waals surface area (Å²) in [5, 5.41) is 4.38. The van der Waals surface area contributed by atoms with E-state index >= 15 is 0 Å². The third-order valence-corrected chi connectivity index (χ3v) is 3.88. The lowest BCUT2D eigenvalue weighted by molar-refractivity contribution is 0.564. The Morgan fingerprint density at radius 2 is 1.73 bits per heavy atom. The van der Waals surface area contributed by atoms with Gasteiger partial charge in [-0.2, -0.15) is 0 Å². The van der Waals surface area contributed by atoms with Gasteiger partial charge in [0.2, 0.25) is 10.0 Å². The normalized spacial score (nSPS) is 16.0. The van der Waals surface area contributed by atoms with Crippen molar-refractivity contribution in [3.8, 4) is 0 Å². The molecule has 1 rings (SSSR count). The molecule has 0 aromatic carbocycles. The SMILES string of the molecule is Cc1cnc(C(C)C(C)S(N)(=O)=O)nc1. The second kappa shape index (κ2) is 4.24. The molecule has 0 bridgehead atoms. The van der Waals surface area contributed by atoms with Crippen LogP contribution in [0.25, 0.3) is 0 Å². The highest BCUT2D eigenvalue weighted by Gasteiger charge is 2.25. The van der Waals surface area contributed by atoms with Gasteiger partial charge < -0.3 is 0 Å². The fourth-order valence-corrected chi connectivity index (χ4v) is 1.82. The van der Waals surface area contributed by atoms with Gasteiger partial charge in [0.25, 0.3) is 0 Å². The number of aryl methyl sites for hydroxylation is 1. The minimum absolute atomic E-state index is 0.305. The number of primary sulfonamides is 1. The van der Waals surface area contributed by atoms with Crippen LogP contribution in [0.5, 0.6) is 0 Å². The zero-order valence-corrected chi connectivity index (χ0v) is 9.82. The van der Waals surface area contributed by atoms with E-state index in [1.807, 2.05) is 6.92 Å². The molecule has 2 atom stereocenters. The van der Waals surface area contributed by atoms with Gasteiger partial charge in [-0.15, -0.1) is 0 Å². The summed E-state index contributed by atoms with van der Waals surface area (Å²) in [6.45, 7) is 5.18. The third kappa shape index (κ3) is 2.97. The zero-order chi connectivity index (χ0) is 11.6. The molecule has 0 radical (unpaired) electrons. The highest BCUT2D eigenvalue weighted by molar-refractivity contribution is 7.89. The number of rotatable bonds is 3. The Morgan fingerprint density at radius 3 is 2.13 bits per heavy atom. The molecule has 84 valence electrons.